The zero-order valence-electron chi connectivity index (χ0n) is 16.5. The fourth-order valence-electron chi connectivity index (χ4n) is 3.13. The molecule has 0 fully saturated rings. The number of carbonyl (C=O) groups is 1. The number of H-pyrrole nitrogens is 1. The van der Waals surface area contributed by atoms with Gasteiger partial charge in [0.2, 0.25) is 15.2 Å². The highest BCUT2D eigenvalue weighted by atomic mass is 32.2. The number of aromatic amines is 1. The number of carboxylic acid groups (broad SMARTS) is 1. The summed E-state index contributed by atoms with van der Waals surface area (Å²) in [5.74, 6) is -3.45. The number of hydrogen-bond donors (Lipinski definition) is 3. The van der Waals surface area contributed by atoms with E-state index in [4.69, 9.17) is 10.2 Å². The first-order chi connectivity index (χ1) is 15.5. The number of aromatic nitrogens is 3. The van der Waals surface area contributed by atoms with E-state index in [-0.39, 0.29) is 39.0 Å². The van der Waals surface area contributed by atoms with Crippen LogP contribution in [0.4, 0.5) is 8.78 Å². The van der Waals surface area contributed by atoms with E-state index in [1.54, 1.807) is 0 Å². The predicted molar refractivity (Wildman–Crippen MR) is 115 cm³/mol. The summed E-state index contributed by atoms with van der Waals surface area (Å²) >= 11 is 0.904. The number of thiazole rings is 1. The molecule has 0 atom stereocenters. The second-order valence-electron chi connectivity index (χ2n) is 6.92. The van der Waals surface area contributed by atoms with E-state index < -0.39 is 33.2 Å². The highest BCUT2D eigenvalue weighted by Crippen LogP contribution is 2.26. The van der Waals surface area contributed by atoms with E-state index in [0.717, 1.165) is 28.2 Å². The Labute approximate surface area is 188 Å². The van der Waals surface area contributed by atoms with Gasteiger partial charge in [-0.25, -0.2) is 32.1 Å². The maximum absolute atomic E-state index is 13.9. The molecule has 0 amide bonds. The highest BCUT2D eigenvalue weighted by Gasteiger charge is 2.21. The third-order valence-electron chi connectivity index (χ3n) is 4.73. The van der Waals surface area contributed by atoms with Gasteiger partial charge in [0.1, 0.15) is 0 Å². The van der Waals surface area contributed by atoms with E-state index in [1.807, 2.05) is 0 Å². The normalized spacial score (nSPS) is 11.6. The molecule has 33 heavy (non-hydrogen) atoms. The minimum atomic E-state index is -3.90. The SMILES string of the molecule is NS(=O)(=O)c1ccc(Cc2c(-c3ccc(F)c(F)c3)[nH]n(-c3nc(C(=O)O)cs3)c2=O)cc1. The fraction of sp³-hybridized carbons (Fsp3) is 0.0500. The van der Waals surface area contributed by atoms with Crippen LogP contribution in [0.2, 0.25) is 0 Å². The van der Waals surface area contributed by atoms with Crippen LogP contribution in [0.5, 0.6) is 0 Å². The molecule has 0 spiro atoms. The van der Waals surface area contributed by atoms with Crippen LogP contribution in [0.3, 0.4) is 0 Å². The first kappa shape index (κ1) is 22.5. The van der Waals surface area contributed by atoms with Gasteiger partial charge in [0.15, 0.2) is 17.3 Å². The maximum Gasteiger partial charge on any atom is 0.355 e. The zero-order chi connectivity index (χ0) is 23.9. The lowest BCUT2D eigenvalue weighted by atomic mass is 10.0. The van der Waals surface area contributed by atoms with Gasteiger partial charge < -0.3 is 5.11 Å². The van der Waals surface area contributed by atoms with E-state index in [2.05, 4.69) is 10.1 Å². The number of halogens is 2. The van der Waals surface area contributed by atoms with Crippen molar-refractivity contribution in [2.24, 2.45) is 5.14 Å². The van der Waals surface area contributed by atoms with Gasteiger partial charge in [-0.3, -0.25) is 9.89 Å². The van der Waals surface area contributed by atoms with Crippen LogP contribution < -0.4 is 10.7 Å². The average Bonchev–Trinajstić information content (AvgIpc) is 3.36. The first-order valence-electron chi connectivity index (χ1n) is 9.15. The van der Waals surface area contributed by atoms with Gasteiger partial charge in [0, 0.05) is 22.9 Å². The molecule has 0 unspecified atom stereocenters. The summed E-state index contributed by atoms with van der Waals surface area (Å²) in [4.78, 5) is 28.1. The van der Waals surface area contributed by atoms with E-state index in [1.165, 1.54) is 35.7 Å². The fourth-order valence-corrected chi connectivity index (χ4v) is 4.40. The van der Waals surface area contributed by atoms with Crippen molar-refractivity contribution in [2.75, 3.05) is 0 Å². The number of primary sulfonamides is 1. The number of sulfonamides is 1. The van der Waals surface area contributed by atoms with Crippen LogP contribution in [0.25, 0.3) is 16.4 Å². The summed E-state index contributed by atoms with van der Waals surface area (Å²) in [6, 6.07) is 8.63. The second kappa shape index (κ2) is 8.35. The Hall–Kier alpha value is -3.68. The molecule has 13 heteroatoms. The van der Waals surface area contributed by atoms with Crippen molar-refractivity contribution in [2.45, 2.75) is 11.3 Å². The third kappa shape index (κ3) is 4.46. The van der Waals surface area contributed by atoms with Gasteiger partial charge in [-0.05, 0) is 35.9 Å². The molecule has 2 aromatic heterocycles. The van der Waals surface area contributed by atoms with Gasteiger partial charge >= 0.3 is 5.97 Å². The molecule has 0 radical (unpaired) electrons. The Kier molecular flexibility index (Phi) is 5.69. The lowest BCUT2D eigenvalue weighted by Crippen LogP contribution is -2.18. The van der Waals surface area contributed by atoms with Crippen molar-refractivity contribution in [1.29, 1.82) is 0 Å². The monoisotopic (exact) mass is 492 g/mol. The van der Waals surface area contributed by atoms with Gasteiger partial charge in [-0.1, -0.05) is 12.1 Å². The van der Waals surface area contributed by atoms with Crippen LogP contribution in [0, 0.1) is 11.6 Å². The van der Waals surface area contributed by atoms with Crippen molar-refractivity contribution in [3.05, 3.63) is 86.7 Å². The van der Waals surface area contributed by atoms with Crippen LogP contribution in [-0.2, 0) is 16.4 Å². The molecular weight excluding hydrogens is 478 g/mol. The minimum Gasteiger partial charge on any atom is -0.476 e. The van der Waals surface area contributed by atoms with E-state index in [9.17, 15) is 26.8 Å². The maximum atomic E-state index is 13.9. The summed E-state index contributed by atoms with van der Waals surface area (Å²) < 4.78 is 51.3. The molecule has 0 aliphatic carbocycles. The zero-order valence-corrected chi connectivity index (χ0v) is 18.1. The number of carboxylic acids is 1. The van der Waals surface area contributed by atoms with E-state index in [0.29, 0.717) is 5.56 Å². The molecule has 4 rings (SSSR count). The molecule has 2 aromatic carbocycles. The molecule has 9 nitrogen and oxygen atoms in total. The summed E-state index contributed by atoms with van der Waals surface area (Å²) in [6.07, 6.45) is -0.00127. The van der Waals surface area contributed by atoms with Gasteiger partial charge in [0.25, 0.3) is 5.56 Å². The summed E-state index contributed by atoms with van der Waals surface area (Å²) in [5.41, 5.74) is 0.191. The molecule has 170 valence electrons. The Bertz CT molecular complexity index is 1540. The van der Waals surface area contributed by atoms with Gasteiger partial charge in [-0.15, -0.1) is 11.3 Å². The van der Waals surface area contributed by atoms with Crippen molar-refractivity contribution < 1.29 is 27.1 Å². The first-order valence-corrected chi connectivity index (χ1v) is 11.6. The van der Waals surface area contributed by atoms with Crippen LogP contribution in [0.15, 0.2) is 57.5 Å². The molecule has 2 heterocycles. The predicted octanol–water partition coefficient (Wildman–Crippen LogP) is 2.50. The quantitative estimate of drug-likeness (QED) is 0.377. The van der Waals surface area contributed by atoms with Crippen LogP contribution in [0.1, 0.15) is 21.6 Å². The Balaban J connectivity index is 1.84. The van der Waals surface area contributed by atoms with Crippen LogP contribution >= 0.6 is 11.3 Å². The molecule has 4 aromatic rings. The molecule has 0 saturated carbocycles. The molecule has 0 bridgehead atoms. The third-order valence-corrected chi connectivity index (χ3v) is 6.49. The largest absolute Gasteiger partial charge is 0.476 e. The lowest BCUT2D eigenvalue weighted by Gasteiger charge is -2.05. The number of nitrogens with two attached hydrogens (primary N) is 1. The van der Waals surface area contributed by atoms with Crippen molar-refractivity contribution in [3.8, 4) is 16.4 Å². The smallest absolute Gasteiger partial charge is 0.355 e. The van der Waals surface area contributed by atoms with Gasteiger partial charge in [-0.2, -0.15) is 4.68 Å². The Morgan fingerprint density at radius 2 is 1.85 bits per heavy atom. The molecule has 0 aliphatic heterocycles. The summed E-state index contributed by atoms with van der Waals surface area (Å²) in [6.45, 7) is 0. The highest BCUT2D eigenvalue weighted by molar-refractivity contribution is 7.89. The number of nitrogens with zero attached hydrogens (tertiary/aromatic N) is 2. The number of rotatable bonds is 6. The number of aromatic carboxylic acids is 1. The van der Waals surface area contributed by atoms with Crippen molar-refractivity contribution in [3.63, 3.8) is 0 Å². The average molecular weight is 492 g/mol. The van der Waals surface area contributed by atoms with Crippen molar-refractivity contribution >= 4 is 27.3 Å². The summed E-state index contributed by atoms with van der Waals surface area (Å²) in [5, 5.41) is 18.3. The van der Waals surface area contributed by atoms with E-state index >= 15 is 0 Å². The topological polar surface area (TPSA) is 148 Å². The number of nitrogens with one attached hydrogen (secondary N) is 1. The summed E-state index contributed by atoms with van der Waals surface area (Å²) in [7, 11) is -3.90. The minimum absolute atomic E-state index is 0.00127. The Morgan fingerprint density at radius 1 is 1.15 bits per heavy atom. The molecule has 0 saturated heterocycles. The van der Waals surface area contributed by atoms with Gasteiger partial charge in [0.05, 0.1) is 10.6 Å². The van der Waals surface area contributed by atoms with Crippen LogP contribution in [-0.4, -0.2) is 34.3 Å². The molecular formula is C20H14F2N4O5S2. The van der Waals surface area contributed by atoms with Crippen molar-refractivity contribution in [1.82, 2.24) is 14.8 Å². The lowest BCUT2D eigenvalue weighted by molar-refractivity contribution is 0.0691. The number of hydrogen-bond acceptors (Lipinski definition) is 6. The molecule has 0 aliphatic rings. The number of benzene rings is 2. The molecule has 4 N–H and O–H groups in total. The standard InChI is InChI=1S/C20H14F2N4O5S2/c21-14-6-3-11(8-15(14)22)17-13(7-10-1-4-12(5-2-10)33(23,30)31)18(27)26(25-17)20-24-16(9-32-20)19(28)29/h1-6,8-9,25H,7H2,(H,28,29)(H2,23,30,31). The second-order valence-corrected chi connectivity index (χ2v) is 9.32. The Morgan fingerprint density at radius 3 is 2.42 bits per heavy atom.